The van der Waals surface area contributed by atoms with E-state index in [4.69, 9.17) is 11.6 Å². The number of thioether (sulfide) groups is 1. The van der Waals surface area contributed by atoms with E-state index in [1.54, 1.807) is 23.9 Å². The van der Waals surface area contributed by atoms with Gasteiger partial charge in [0.1, 0.15) is 5.82 Å². The Morgan fingerprint density at radius 2 is 1.90 bits per heavy atom. The predicted octanol–water partition coefficient (Wildman–Crippen LogP) is 4.88. The third-order valence-electron chi connectivity index (χ3n) is 2.91. The second kappa shape index (κ2) is 7.67. The van der Waals surface area contributed by atoms with Crippen LogP contribution in [0.15, 0.2) is 47.4 Å². The molecular formula is C16H17ClFNS. The molecule has 0 aromatic heterocycles. The predicted molar refractivity (Wildman–Crippen MR) is 84.8 cm³/mol. The Morgan fingerprint density at radius 1 is 1.15 bits per heavy atom. The van der Waals surface area contributed by atoms with Crippen molar-refractivity contribution >= 4 is 23.4 Å². The molecule has 0 saturated carbocycles. The van der Waals surface area contributed by atoms with Gasteiger partial charge in [-0.2, -0.15) is 0 Å². The molecule has 20 heavy (non-hydrogen) atoms. The van der Waals surface area contributed by atoms with Crippen LogP contribution in [-0.4, -0.2) is 6.54 Å². The lowest BCUT2D eigenvalue weighted by atomic mass is 10.2. The zero-order chi connectivity index (χ0) is 14.4. The van der Waals surface area contributed by atoms with Crippen molar-refractivity contribution in [3.8, 4) is 0 Å². The summed E-state index contributed by atoms with van der Waals surface area (Å²) in [6.45, 7) is 3.94. The summed E-state index contributed by atoms with van der Waals surface area (Å²) in [7, 11) is 0. The van der Waals surface area contributed by atoms with Crippen LogP contribution in [0.25, 0.3) is 0 Å². The molecule has 0 aliphatic rings. The van der Waals surface area contributed by atoms with Crippen molar-refractivity contribution in [1.82, 2.24) is 5.32 Å². The van der Waals surface area contributed by atoms with E-state index >= 15 is 0 Å². The van der Waals surface area contributed by atoms with E-state index in [1.165, 1.54) is 11.6 Å². The number of nitrogens with one attached hydrogen (secondary N) is 1. The molecule has 0 spiro atoms. The molecule has 0 heterocycles. The maximum absolute atomic E-state index is 13.7. The Kier molecular flexibility index (Phi) is 5.89. The van der Waals surface area contributed by atoms with Crippen LogP contribution in [0.4, 0.5) is 4.39 Å². The van der Waals surface area contributed by atoms with Crippen LogP contribution in [0.1, 0.15) is 18.1 Å². The molecule has 4 heteroatoms. The van der Waals surface area contributed by atoms with Crippen LogP contribution in [-0.2, 0) is 12.3 Å². The quantitative estimate of drug-likeness (QED) is 0.763. The Hall–Kier alpha value is -1.03. The molecule has 0 aliphatic carbocycles. The van der Waals surface area contributed by atoms with E-state index in [-0.39, 0.29) is 5.82 Å². The number of hydrogen-bond donors (Lipinski definition) is 1. The molecular weight excluding hydrogens is 293 g/mol. The van der Waals surface area contributed by atoms with Gasteiger partial charge in [-0.05, 0) is 41.9 Å². The lowest BCUT2D eigenvalue weighted by Gasteiger charge is -2.06. The van der Waals surface area contributed by atoms with Crippen LogP contribution in [0.2, 0.25) is 5.02 Å². The second-order valence-corrected chi connectivity index (χ2v) is 5.93. The van der Waals surface area contributed by atoms with Crippen molar-refractivity contribution in [2.75, 3.05) is 6.54 Å². The third-order valence-corrected chi connectivity index (χ3v) is 4.21. The number of rotatable bonds is 6. The van der Waals surface area contributed by atoms with Gasteiger partial charge in [-0.3, -0.25) is 0 Å². The van der Waals surface area contributed by atoms with Gasteiger partial charge >= 0.3 is 0 Å². The molecule has 0 unspecified atom stereocenters. The Balaban J connectivity index is 1.93. The third kappa shape index (κ3) is 4.51. The summed E-state index contributed by atoms with van der Waals surface area (Å²) >= 11 is 7.36. The largest absolute Gasteiger partial charge is 0.313 e. The van der Waals surface area contributed by atoms with Crippen molar-refractivity contribution in [2.45, 2.75) is 24.1 Å². The topological polar surface area (TPSA) is 12.0 Å². The van der Waals surface area contributed by atoms with Crippen molar-refractivity contribution in [3.05, 3.63) is 64.4 Å². The van der Waals surface area contributed by atoms with E-state index in [9.17, 15) is 4.39 Å². The number of benzene rings is 2. The molecule has 2 aromatic rings. The van der Waals surface area contributed by atoms with E-state index < -0.39 is 0 Å². The lowest BCUT2D eigenvalue weighted by Crippen LogP contribution is -2.11. The van der Waals surface area contributed by atoms with E-state index in [0.29, 0.717) is 16.3 Å². The zero-order valence-electron chi connectivity index (χ0n) is 11.3. The van der Waals surface area contributed by atoms with Gasteiger partial charge in [-0.1, -0.05) is 36.7 Å². The minimum atomic E-state index is -0.242. The average molecular weight is 310 g/mol. The highest BCUT2D eigenvalue weighted by molar-refractivity contribution is 7.98. The van der Waals surface area contributed by atoms with Crippen molar-refractivity contribution in [2.24, 2.45) is 0 Å². The molecule has 106 valence electrons. The average Bonchev–Trinajstić information content (AvgIpc) is 2.45. The fraction of sp³-hybridized carbons (Fsp3) is 0.250. The standard InChI is InChI=1S/C16H17ClFNS/c1-2-19-10-12-3-7-15(8-4-12)20-11-13-5-6-14(17)9-16(13)18/h3-9,19H,2,10-11H2,1H3. The highest BCUT2D eigenvalue weighted by atomic mass is 35.5. The zero-order valence-corrected chi connectivity index (χ0v) is 12.9. The van der Waals surface area contributed by atoms with Gasteiger partial charge in [0.15, 0.2) is 0 Å². The molecule has 0 aliphatic heterocycles. The van der Waals surface area contributed by atoms with E-state index in [0.717, 1.165) is 18.0 Å². The molecule has 1 nitrogen and oxygen atoms in total. The molecule has 0 radical (unpaired) electrons. The van der Waals surface area contributed by atoms with Gasteiger partial charge in [-0.15, -0.1) is 11.8 Å². The first kappa shape index (κ1) is 15.4. The van der Waals surface area contributed by atoms with E-state index in [1.807, 2.05) is 0 Å². The molecule has 0 amide bonds. The monoisotopic (exact) mass is 309 g/mol. The van der Waals surface area contributed by atoms with Gasteiger partial charge in [-0.25, -0.2) is 4.39 Å². The fourth-order valence-corrected chi connectivity index (χ4v) is 2.82. The maximum atomic E-state index is 13.7. The highest BCUT2D eigenvalue weighted by Crippen LogP contribution is 2.25. The van der Waals surface area contributed by atoms with Crippen molar-refractivity contribution in [3.63, 3.8) is 0 Å². The first-order chi connectivity index (χ1) is 9.69. The van der Waals surface area contributed by atoms with Gasteiger partial charge in [0.2, 0.25) is 0 Å². The molecule has 2 aromatic carbocycles. The molecule has 0 saturated heterocycles. The van der Waals surface area contributed by atoms with Crippen LogP contribution in [0.3, 0.4) is 0 Å². The smallest absolute Gasteiger partial charge is 0.128 e. The van der Waals surface area contributed by atoms with E-state index in [2.05, 4.69) is 36.5 Å². The van der Waals surface area contributed by atoms with Crippen LogP contribution in [0, 0.1) is 5.82 Å². The first-order valence-corrected chi connectivity index (χ1v) is 7.92. The number of halogens is 2. The van der Waals surface area contributed by atoms with Crippen LogP contribution < -0.4 is 5.32 Å². The maximum Gasteiger partial charge on any atom is 0.128 e. The summed E-state index contributed by atoms with van der Waals surface area (Å²) in [6.07, 6.45) is 0. The van der Waals surface area contributed by atoms with Gasteiger partial charge < -0.3 is 5.32 Å². The minimum absolute atomic E-state index is 0.242. The van der Waals surface area contributed by atoms with Gasteiger partial charge in [0, 0.05) is 22.2 Å². The van der Waals surface area contributed by atoms with Crippen LogP contribution in [0.5, 0.6) is 0 Å². The molecule has 0 atom stereocenters. The SMILES string of the molecule is CCNCc1ccc(SCc2ccc(Cl)cc2F)cc1. The molecule has 0 fully saturated rings. The first-order valence-electron chi connectivity index (χ1n) is 6.55. The fourth-order valence-electron chi connectivity index (χ4n) is 1.77. The molecule has 0 bridgehead atoms. The van der Waals surface area contributed by atoms with Crippen molar-refractivity contribution in [1.29, 1.82) is 0 Å². The summed E-state index contributed by atoms with van der Waals surface area (Å²) in [5.74, 6) is 0.365. The Morgan fingerprint density at radius 3 is 2.55 bits per heavy atom. The summed E-state index contributed by atoms with van der Waals surface area (Å²) in [5, 5.41) is 3.72. The van der Waals surface area contributed by atoms with Crippen LogP contribution >= 0.6 is 23.4 Å². The number of hydrogen-bond acceptors (Lipinski definition) is 2. The second-order valence-electron chi connectivity index (χ2n) is 4.45. The summed E-state index contributed by atoms with van der Waals surface area (Å²) in [5.41, 5.74) is 1.94. The minimum Gasteiger partial charge on any atom is -0.313 e. The summed E-state index contributed by atoms with van der Waals surface area (Å²) < 4.78 is 13.7. The van der Waals surface area contributed by atoms with Crippen molar-refractivity contribution < 1.29 is 4.39 Å². The normalized spacial score (nSPS) is 10.8. The summed E-state index contributed by atoms with van der Waals surface area (Å²) in [4.78, 5) is 1.14. The Labute approximate surface area is 128 Å². The van der Waals surface area contributed by atoms with Gasteiger partial charge in [0.25, 0.3) is 0 Å². The summed E-state index contributed by atoms with van der Waals surface area (Å²) in [6, 6.07) is 13.2. The molecule has 1 N–H and O–H groups in total. The highest BCUT2D eigenvalue weighted by Gasteiger charge is 2.04. The lowest BCUT2D eigenvalue weighted by molar-refractivity contribution is 0.617. The Bertz CT molecular complexity index is 557. The molecule has 2 rings (SSSR count). The van der Waals surface area contributed by atoms with Gasteiger partial charge in [0.05, 0.1) is 0 Å².